The van der Waals surface area contributed by atoms with E-state index in [1.807, 2.05) is 0 Å². The number of carboxylic acids is 1. The number of nitrogens with one attached hydrogen (secondary N) is 1. The number of carboxylic acid groups (broad SMARTS) is 1. The predicted molar refractivity (Wildman–Crippen MR) is 93.0 cm³/mol. The van der Waals surface area contributed by atoms with Gasteiger partial charge in [0.15, 0.2) is 5.75 Å². The number of amides is 1. The van der Waals surface area contributed by atoms with Crippen LogP contribution in [0.25, 0.3) is 0 Å². The van der Waals surface area contributed by atoms with Crippen molar-refractivity contribution in [1.82, 2.24) is 0 Å². The quantitative estimate of drug-likeness (QED) is 0.723. The van der Waals surface area contributed by atoms with Gasteiger partial charge in [0, 0.05) is 5.69 Å². The number of rotatable bonds is 5. The van der Waals surface area contributed by atoms with E-state index in [-0.39, 0.29) is 11.3 Å². The van der Waals surface area contributed by atoms with Crippen LogP contribution in [0.5, 0.6) is 5.75 Å². The van der Waals surface area contributed by atoms with Crippen LogP contribution < -0.4 is 9.50 Å². The number of benzene rings is 2. The zero-order valence-corrected chi connectivity index (χ0v) is 15.3. The van der Waals surface area contributed by atoms with E-state index in [2.05, 4.69) is 9.50 Å². The first-order chi connectivity index (χ1) is 12.8. The van der Waals surface area contributed by atoms with Crippen LogP contribution in [0.2, 0.25) is 0 Å². The fraction of sp³-hybridized carbons (Fsp3) is 0.176. The fourth-order valence-electron chi connectivity index (χ4n) is 2.34. The Morgan fingerprint density at radius 1 is 1.14 bits per heavy atom. The smallest absolute Gasteiger partial charge is 0.416 e. The highest BCUT2D eigenvalue weighted by molar-refractivity contribution is 7.86. The molecule has 2 N–H and O–H groups in total. The van der Waals surface area contributed by atoms with Crippen molar-refractivity contribution in [3.63, 3.8) is 0 Å². The minimum Gasteiger partial charge on any atom is -0.478 e. The Kier molecular flexibility index (Phi) is 5.69. The number of alkyl halides is 3. The van der Waals surface area contributed by atoms with E-state index >= 15 is 0 Å². The van der Waals surface area contributed by atoms with E-state index < -0.39 is 50.6 Å². The molecule has 0 unspecified atom stereocenters. The van der Waals surface area contributed by atoms with Gasteiger partial charge in [0.25, 0.3) is 5.91 Å². The van der Waals surface area contributed by atoms with Crippen molar-refractivity contribution >= 4 is 27.7 Å². The van der Waals surface area contributed by atoms with Crippen molar-refractivity contribution in [3.8, 4) is 5.75 Å². The van der Waals surface area contributed by atoms with Crippen LogP contribution in [0.4, 0.5) is 18.9 Å². The van der Waals surface area contributed by atoms with E-state index in [4.69, 9.17) is 0 Å². The summed E-state index contributed by atoms with van der Waals surface area (Å²) in [6.07, 6.45) is -3.85. The van der Waals surface area contributed by atoms with E-state index in [9.17, 15) is 36.3 Å². The van der Waals surface area contributed by atoms with Gasteiger partial charge in [0.1, 0.15) is 5.56 Å². The lowest BCUT2D eigenvalue weighted by atomic mass is 10.0. The second-order valence-electron chi connectivity index (χ2n) is 5.75. The summed E-state index contributed by atoms with van der Waals surface area (Å²) in [4.78, 5) is 24.0. The highest BCUT2D eigenvalue weighted by Gasteiger charge is 2.31. The molecule has 0 heterocycles. The standard InChI is InChI=1S/C17H14F3NO6S/c1-9-8-10(17(18,19)20)6-7-12(9)21-15(22)11-4-3-5-13(14(11)16(23)24)27-28(2,25)26/h3-8H,1-2H3,(H,21,22)(H,23,24). The molecule has 0 aliphatic carbocycles. The van der Waals surface area contributed by atoms with Gasteiger partial charge in [-0.25, -0.2) is 4.79 Å². The average Bonchev–Trinajstić information content (AvgIpc) is 2.53. The van der Waals surface area contributed by atoms with E-state index in [0.717, 1.165) is 30.3 Å². The number of hydrogen-bond acceptors (Lipinski definition) is 5. The molecule has 0 fully saturated rings. The first kappa shape index (κ1) is 21.2. The maximum atomic E-state index is 12.7. The number of carbonyl (C=O) groups excluding carboxylic acids is 1. The Morgan fingerprint density at radius 3 is 2.29 bits per heavy atom. The fourth-order valence-corrected chi connectivity index (χ4v) is 2.81. The number of aryl methyl sites for hydroxylation is 1. The molecular formula is C17H14F3NO6S. The Bertz CT molecular complexity index is 1050. The Morgan fingerprint density at radius 2 is 1.79 bits per heavy atom. The Balaban J connectivity index is 2.42. The first-order valence-corrected chi connectivity index (χ1v) is 9.36. The van der Waals surface area contributed by atoms with Gasteiger partial charge in [-0.3, -0.25) is 4.79 Å². The van der Waals surface area contributed by atoms with Crippen molar-refractivity contribution in [3.05, 3.63) is 58.7 Å². The zero-order valence-electron chi connectivity index (χ0n) is 14.5. The van der Waals surface area contributed by atoms with Crippen molar-refractivity contribution < 1.29 is 40.5 Å². The van der Waals surface area contributed by atoms with E-state index in [1.165, 1.54) is 13.0 Å². The lowest BCUT2D eigenvalue weighted by Crippen LogP contribution is -2.19. The third kappa shape index (κ3) is 5.00. The number of carbonyl (C=O) groups is 2. The molecule has 28 heavy (non-hydrogen) atoms. The van der Waals surface area contributed by atoms with Gasteiger partial charge in [0.2, 0.25) is 0 Å². The van der Waals surface area contributed by atoms with Gasteiger partial charge >= 0.3 is 22.3 Å². The SMILES string of the molecule is Cc1cc(C(F)(F)F)ccc1NC(=O)c1cccc(OS(C)(=O)=O)c1C(=O)O. The molecular weight excluding hydrogens is 403 g/mol. The molecule has 1 amide bonds. The van der Waals surface area contributed by atoms with Crippen LogP contribution in [0.15, 0.2) is 36.4 Å². The molecule has 7 nitrogen and oxygen atoms in total. The molecule has 0 spiro atoms. The third-order valence-electron chi connectivity index (χ3n) is 3.53. The normalized spacial score (nSPS) is 11.8. The minimum absolute atomic E-state index is 0.0313. The molecule has 0 radical (unpaired) electrons. The molecule has 2 rings (SSSR count). The third-order valence-corrected chi connectivity index (χ3v) is 4.01. The van der Waals surface area contributed by atoms with Crippen molar-refractivity contribution in [2.75, 3.05) is 11.6 Å². The molecule has 150 valence electrons. The summed E-state index contributed by atoms with van der Waals surface area (Å²) in [5.74, 6) is -3.14. The second-order valence-corrected chi connectivity index (χ2v) is 7.33. The van der Waals surface area contributed by atoms with Gasteiger partial charge < -0.3 is 14.6 Å². The van der Waals surface area contributed by atoms with Gasteiger partial charge in [-0.1, -0.05) is 6.07 Å². The summed E-state index contributed by atoms with van der Waals surface area (Å²) in [6, 6.07) is 6.02. The summed E-state index contributed by atoms with van der Waals surface area (Å²) < 4.78 is 65.4. The lowest BCUT2D eigenvalue weighted by molar-refractivity contribution is -0.137. The molecule has 0 bridgehead atoms. The van der Waals surface area contributed by atoms with Crippen molar-refractivity contribution in [2.24, 2.45) is 0 Å². The molecule has 0 saturated heterocycles. The molecule has 0 aliphatic rings. The summed E-state index contributed by atoms with van der Waals surface area (Å²) in [6.45, 7) is 1.34. The second kappa shape index (κ2) is 7.50. The first-order valence-electron chi connectivity index (χ1n) is 7.54. The molecule has 0 aromatic heterocycles. The molecule has 0 atom stereocenters. The van der Waals surface area contributed by atoms with E-state index in [0.29, 0.717) is 6.26 Å². The summed E-state index contributed by atoms with van der Waals surface area (Å²) in [7, 11) is -4.06. The molecule has 0 saturated carbocycles. The molecule has 11 heteroatoms. The number of anilines is 1. The summed E-state index contributed by atoms with van der Waals surface area (Å²) in [5.41, 5.74) is -1.90. The van der Waals surface area contributed by atoms with Crippen LogP contribution in [0.1, 0.15) is 31.8 Å². The monoisotopic (exact) mass is 417 g/mol. The number of halogens is 3. The maximum Gasteiger partial charge on any atom is 0.416 e. The predicted octanol–water partition coefficient (Wildman–Crippen LogP) is 3.30. The van der Waals surface area contributed by atoms with Gasteiger partial charge in [0.05, 0.1) is 17.4 Å². The van der Waals surface area contributed by atoms with Crippen molar-refractivity contribution in [2.45, 2.75) is 13.1 Å². The molecule has 0 aliphatic heterocycles. The minimum atomic E-state index is -4.55. The molecule has 2 aromatic carbocycles. The topological polar surface area (TPSA) is 110 Å². The number of hydrogen-bond donors (Lipinski definition) is 2. The highest BCUT2D eigenvalue weighted by atomic mass is 32.2. The lowest BCUT2D eigenvalue weighted by Gasteiger charge is -2.14. The average molecular weight is 417 g/mol. The Hall–Kier alpha value is -3.08. The molecule has 2 aromatic rings. The van der Waals surface area contributed by atoms with Gasteiger partial charge in [-0.05, 0) is 42.8 Å². The van der Waals surface area contributed by atoms with Crippen LogP contribution >= 0.6 is 0 Å². The van der Waals surface area contributed by atoms with Crippen LogP contribution in [-0.2, 0) is 16.3 Å². The summed E-state index contributed by atoms with van der Waals surface area (Å²) >= 11 is 0. The maximum absolute atomic E-state index is 12.7. The number of aromatic carboxylic acids is 1. The van der Waals surface area contributed by atoms with Gasteiger partial charge in [-0.2, -0.15) is 21.6 Å². The largest absolute Gasteiger partial charge is 0.478 e. The van der Waals surface area contributed by atoms with Crippen LogP contribution in [-0.4, -0.2) is 31.7 Å². The van der Waals surface area contributed by atoms with Gasteiger partial charge in [-0.15, -0.1) is 0 Å². The summed E-state index contributed by atoms with van der Waals surface area (Å²) in [5, 5.41) is 11.7. The van der Waals surface area contributed by atoms with Crippen LogP contribution in [0, 0.1) is 6.92 Å². The van der Waals surface area contributed by atoms with Crippen molar-refractivity contribution in [1.29, 1.82) is 0 Å². The van der Waals surface area contributed by atoms with Crippen LogP contribution in [0.3, 0.4) is 0 Å². The highest BCUT2D eigenvalue weighted by Crippen LogP contribution is 2.32. The zero-order chi connectivity index (χ0) is 21.3. The Labute approximate surface area is 157 Å². The van der Waals surface area contributed by atoms with E-state index in [1.54, 1.807) is 0 Å².